The fourth-order valence-electron chi connectivity index (χ4n) is 3.92. The summed E-state index contributed by atoms with van der Waals surface area (Å²) in [6.07, 6.45) is 7.07. The van der Waals surface area contributed by atoms with E-state index in [0.717, 1.165) is 12.1 Å². The molecule has 2 aliphatic heterocycles. The highest BCUT2D eigenvalue weighted by Gasteiger charge is 2.45. The van der Waals surface area contributed by atoms with Gasteiger partial charge >= 0.3 is 0 Å². The molecule has 4 rings (SSSR count). The zero-order valence-corrected chi connectivity index (χ0v) is 15.3. The Balaban J connectivity index is 1.36. The largest absolute Gasteiger partial charge is 0.369 e. The first kappa shape index (κ1) is 17.7. The van der Waals surface area contributed by atoms with Crippen molar-refractivity contribution in [3.63, 3.8) is 0 Å². The molecule has 0 aliphatic carbocycles. The third kappa shape index (κ3) is 3.88. The van der Waals surface area contributed by atoms with Gasteiger partial charge < -0.3 is 19.5 Å². The molecule has 4 heterocycles. The van der Waals surface area contributed by atoms with Gasteiger partial charge in [-0.15, -0.1) is 0 Å². The van der Waals surface area contributed by atoms with Crippen LogP contribution in [0.15, 0.2) is 42.9 Å². The smallest absolute Gasteiger partial charge is 0.255 e. The monoisotopic (exact) mass is 368 g/mol. The highest BCUT2D eigenvalue weighted by molar-refractivity contribution is 5.94. The van der Waals surface area contributed by atoms with Gasteiger partial charge in [-0.1, -0.05) is 0 Å². The summed E-state index contributed by atoms with van der Waals surface area (Å²) in [7, 11) is 0. The van der Waals surface area contributed by atoms with Crippen molar-refractivity contribution in [2.75, 3.05) is 32.8 Å². The number of carbonyl (C=O) groups is 2. The van der Waals surface area contributed by atoms with Gasteiger partial charge in [0.15, 0.2) is 0 Å². The van der Waals surface area contributed by atoms with Crippen LogP contribution in [0, 0.1) is 0 Å². The summed E-state index contributed by atoms with van der Waals surface area (Å²) in [4.78, 5) is 36.2. The van der Waals surface area contributed by atoms with Crippen molar-refractivity contribution in [2.24, 2.45) is 0 Å². The molecule has 0 bridgehead atoms. The van der Waals surface area contributed by atoms with Crippen LogP contribution in [0.2, 0.25) is 0 Å². The van der Waals surface area contributed by atoms with E-state index in [0.29, 0.717) is 51.2 Å². The molecule has 7 heteroatoms. The Hall–Kier alpha value is -2.67. The lowest BCUT2D eigenvalue weighted by Gasteiger charge is -2.40. The average Bonchev–Trinajstić information content (AvgIpc) is 3.37. The van der Waals surface area contributed by atoms with Crippen LogP contribution >= 0.6 is 0 Å². The molecule has 2 amide bonds. The molecule has 7 nitrogen and oxygen atoms in total. The lowest BCUT2D eigenvalue weighted by Crippen LogP contribution is -2.55. The van der Waals surface area contributed by atoms with Gasteiger partial charge in [0, 0.05) is 43.8 Å². The van der Waals surface area contributed by atoms with Gasteiger partial charge in [-0.2, -0.15) is 0 Å². The summed E-state index contributed by atoms with van der Waals surface area (Å²) >= 11 is 0. The molecule has 0 saturated carbocycles. The van der Waals surface area contributed by atoms with Crippen molar-refractivity contribution in [1.82, 2.24) is 19.8 Å². The number of pyridine rings is 1. The number of carbonyl (C=O) groups excluding carboxylic acids is 2. The lowest BCUT2D eigenvalue weighted by molar-refractivity contribution is -0.133. The molecular weight excluding hydrogens is 344 g/mol. The Labute approximate surface area is 158 Å². The third-order valence-corrected chi connectivity index (χ3v) is 5.38. The predicted octanol–water partition coefficient (Wildman–Crippen LogP) is 1.49. The van der Waals surface area contributed by atoms with Crippen LogP contribution in [0.3, 0.4) is 0 Å². The van der Waals surface area contributed by atoms with E-state index in [1.807, 2.05) is 28.1 Å². The number of aryl methyl sites for hydroxylation is 1. The minimum absolute atomic E-state index is 0.0257. The van der Waals surface area contributed by atoms with Crippen LogP contribution in [0.1, 0.15) is 28.9 Å². The summed E-state index contributed by atoms with van der Waals surface area (Å²) in [5.41, 5.74) is 1.21. The second-order valence-electron chi connectivity index (χ2n) is 7.26. The fraction of sp³-hybridized carbons (Fsp3) is 0.450. The Kier molecular flexibility index (Phi) is 4.94. The number of likely N-dealkylation sites (tertiary alicyclic amines) is 1. The molecule has 2 aliphatic rings. The molecule has 0 radical (unpaired) electrons. The number of H-pyrrole nitrogens is 1. The van der Waals surface area contributed by atoms with Crippen molar-refractivity contribution in [2.45, 2.75) is 24.9 Å². The van der Waals surface area contributed by atoms with Gasteiger partial charge in [0.2, 0.25) is 5.91 Å². The van der Waals surface area contributed by atoms with E-state index in [2.05, 4.69) is 9.97 Å². The molecule has 1 atom stereocenters. The Bertz CT molecular complexity index is 793. The van der Waals surface area contributed by atoms with Gasteiger partial charge in [0.05, 0.1) is 25.3 Å². The molecule has 27 heavy (non-hydrogen) atoms. The molecule has 2 fully saturated rings. The minimum Gasteiger partial charge on any atom is -0.369 e. The number of hydrogen-bond acceptors (Lipinski definition) is 4. The van der Waals surface area contributed by atoms with Gasteiger partial charge in [-0.05, 0) is 37.1 Å². The van der Waals surface area contributed by atoms with E-state index in [1.165, 1.54) is 0 Å². The maximum absolute atomic E-state index is 12.7. The van der Waals surface area contributed by atoms with Crippen LogP contribution in [0.5, 0.6) is 0 Å². The molecular formula is C20H24N4O3. The normalized spacial score (nSPS) is 22.4. The maximum atomic E-state index is 12.7. The number of rotatable bonds is 4. The molecule has 0 aromatic carbocycles. The molecule has 2 aromatic rings. The number of ether oxygens (including phenoxy) is 1. The van der Waals surface area contributed by atoms with Gasteiger partial charge in [-0.3, -0.25) is 14.6 Å². The maximum Gasteiger partial charge on any atom is 0.255 e. The molecule has 142 valence electrons. The second-order valence-corrected chi connectivity index (χ2v) is 7.26. The summed E-state index contributed by atoms with van der Waals surface area (Å²) in [5, 5.41) is 0. The van der Waals surface area contributed by atoms with Crippen LogP contribution in [-0.2, 0) is 16.0 Å². The van der Waals surface area contributed by atoms with Crippen LogP contribution in [0.25, 0.3) is 0 Å². The van der Waals surface area contributed by atoms with Crippen LogP contribution in [0.4, 0.5) is 0 Å². The lowest BCUT2D eigenvalue weighted by atomic mass is 10.00. The van der Waals surface area contributed by atoms with E-state index in [1.54, 1.807) is 24.5 Å². The summed E-state index contributed by atoms with van der Waals surface area (Å²) < 4.78 is 6.06. The highest BCUT2D eigenvalue weighted by Crippen LogP contribution is 2.30. The first-order valence-electron chi connectivity index (χ1n) is 9.39. The Morgan fingerprint density at radius 1 is 1.19 bits per heavy atom. The second kappa shape index (κ2) is 7.52. The number of nitrogens with one attached hydrogen (secondary N) is 1. The SMILES string of the molecule is O=C(CCc1ccc[nH]1)N1CCC2(C1)CN(C(=O)c1cccnc1)CCO2. The zero-order chi connectivity index (χ0) is 18.7. The average molecular weight is 368 g/mol. The van der Waals surface area contributed by atoms with E-state index < -0.39 is 5.60 Å². The summed E-state index contributed by atoms with van der Waals surface area (Å²) in [5.74, 6) is 0.114. The molecule has 2 saturated heterocycles. The van der Waals surface area contributed by atoms with Crippen LogP contribution < -0.4 is 0 Å². The number of aromatic nitrogens is 2. The highest BCUT2D eigenvalue weighted by atomic mass is 16.5. The molecule has 1 N–H and O–H groups in total. The predicted molar refractivity (Wildman–Crippen MR) is 99.1 cm³/mol. The van der Waals surface area contributed by atoms with E-state index in [-0.39, 0.29) is 11.8 Å². The van der Waals surface area contributed by atoms with Crippen molar-refractivity contribution >= 4 is 11.8 Å². The third-order valence-electron chi connectivity index (χ3n) is 5.38. The number of aromatic amines is 1. The Morgan fingerprint density at radius 2 is 2.07 bits per heavy atom. The van der Waals surface area contributed by atoms with E-state index in [4.69, 9.17) is 4.74 Å². The van der Waals surface area contributed by atoms with E-state index >= 15 is 0 Å². The van der Waals surface area contributed by atoms with Gasteiger partial charge in [0.25, 0.3) is 5.91 Å². The van der Waals surface area contributed by atoms with Gasteiger partial charge in [-0.25, -0.2) is 0 Å². The Morgan fingerprint density at radius 3 is 2.85 bits per heavy atom. The molecule has 1 spiro atoms. The number of nitrogens with zero attached hydrogens (tertiary/aromatic N) is 3. The van der Waals surface area contributed by atoms with Gasteiger partial charge in [0.1, 0.15) is 5.60 Å². The standard InChI is InChI=1S/C20H24N4O3/c25-18(6-5-17-4-2-9-22-17)23-10-7-20(14-23)15-24(11-12-27-20)19(26)16-3-1-8-21-13-16/h1-4,8-9,13,22H,5-7,10-12,14-15H2. The first-order valence-corrected chi connectivity index (χ1v) is 9.39. The molecule has 2 aromatic heterocycles. The summed E-state index contributed by atoms with van der Waals surface area (Å²) in [6, 6.07) is 7.48. The van der Waals surface area contributed by atoms with E-state index in [9.17, 15) is 9.59 Å². The van der Waals surface area contributed by atoms with Crippen molar-refractivity contribution in [3.8, 4) is 0 Å². The number of morpholine rings is 1. The zero-order valence-electron chi connectivity index (χ0n) is 15.3. The first-order chi connectivity index (χ1) is 13.2. The van der Waals surface area contributed by atoms with Crippen molar-refractivity contribution < 1.29 is 14.3 Å². The quantitative estimate of drug-likeness (QED) is 0.887. The van der Waals surface area contributed by atoms with Crippen LogP contribution in [-0.4, -0.2) is 70.0 Å². The topological polar surface area (TPSA) is 78.5 Å². The van der Waals surface area contributed by atoms with Crippen molar-refractivity contribution in [3.05, 3.63) is 54.1 Å². The number of amides is 2. The number of hydrogen-bond donors (Lipinski definition) is 1. The van der Waals surface area contributed by atoms with Crippen molar-refractivity contribution in [1.29, 1.82) is 0 Å². The minimum atomic E-state index is -0.446. The fourth-order valence-corrected chi connectivity index (χ4v) is 3.92. The summed E-state index contributed by atoms with van der Waals surface area (Å²) in [6.45, 7) is 2.81. The molecule has 1 unspecified atom stereocenters.